The number of nitrogens with zero attached hydrogens (tertiary/aromatic N) is 2. The Hall–Kier alpha value is -2.67. The van der Waals surface area contributed by atoms with Crippen molar-refractivity contribution in [1.82, 2.24) is 9.97 Å². The van der Waals surface area contributed by atoms with Crippen molar-refractivity contribution in [3.05, 3.63) is 36.4 Å². The number of carbonyl (C=O) groups excluding carboxylic acids is 1. The van der Waals surface area contributed by atoms with Crippen LogP contribution in [0.3, 0.4) is 0 Å². The number of aromatic nitrogens is 2. The van der Waals surface area contributed by atoms with Gasteiger partial charge in [0, 0.05) is 24.1 Å². The summed E-state index contributed by atoms with van der Waals surface area (Å²) in [6.07, 6.45) is 0.218. The zero-order valence-corrected chi connectivity index (χ0v) is 11.7. The van der Waals surface area contributed by atoms with Crippen molar-refractivity contribution in [1.29, 1.82) is 0 Å². The second-order valence-electron chi connectivity index (χ2n) is 4.69. The summed E-state index contributed by atoms with van der Waals surface area (Å²) in [6, 6.07) is 11.1. The van der Waals surface area contributed by atoms with Crippen LogP contribution in [0, 0.1) is 0 Å². The number of nitrogens with one attached hydrogen (secondary N) is 2. The molecule has 1 aromatic carbocycles. The van der Waals surface area contributed by atoms with Gasteiger partial charge in [-0.1, -0.05) is 30.3 Å². The Morgan fingerprint density at radius 1 is 1.24 bits per heavy atom. The maximum absolute atomic E-state index is 10.9. The molecule has 0 fully saturated rings. The number of hydrogen-bond acceptors (Lipinski definition) is 6. The molecule has 0 radical (unpaired) electrons. The number of carbonyl (C=O) groups is 1. The summed E-state index contributed by atoms with van der Waals surface area (Å²) >= 11 is 0. The quantitative estimate of drug-likeness (QED) is 0.466. The van der Waals surface area contributed by atoms with Crippen LogP contribution in [0.1, 0.15) is 13.3 Å². The maximum atomic E-state index is 10.9. The Morgan fingerprint density at radius 3 is 2.52 bits per heavy atom. The van der Waals surface area contributed by atoms with Gasteiger partial charge in [-0.3, -0.25) is 4.79 Å². The molecule has 1 unspecified atom stereocenters. The summed E-state index contributed by atoms with van der Waals surface area (Å²) in [6.45, 7) is 1.85. The zero-order chi connectivity index (χ0) is 15.2. The molecule has 0 aliphatic heterocycles. The summed E-state index contributed by atoms with van der Waals surface area (Å²) in [7, 11) is 0. The average Bonchev–Trinajstić information content (AvgIpc) is 2.46. The molecule has 0 aliphatic carbocycles. The van der Waals surface area contributed by atoms with E-state index in [1.165, 1.54) is 0 Å². The van der Waals surface area contributed by atoms with E-state index in [1.54, 1.807) is 6.07 Å². The highest BCUT2D eigenvalue weighted by Gasteiger charge is 2.10. The van der Waals surface area contributed by atoms with Crippen molar-refractivity contribution >= 4 is 17.5 Å². The highest BCUT2D eigenvalue weighted by Crippen LogP contribution is 2.20. The minimum absolute atomic E-state index is 0.133. The van der Waals surface area contributed by atoms with Crippen molar-refractivity contribution in [3.8, 4) is 11.4 Å². The topological polar surface area (TPSA) is 119 Å². The summed E-state index contributed by atoms with van der Waals surface area (Å²) < 4.78 is 0. The molecule has 7 heteroatoms. The lowest BCUT2D eigenvalue weighted by molar-refractivity contribution is -0.118. The normalized spacial score (nSPS) is 11.7. The number of hydrogen-bond donors (Lipinski definition) is 4. The fourth-order valence-electron chi connectivity index (χ4n) is 1.92. The number of rotatable bonds is 6. The third kappa shape index (κ3) is 4.15. The van der Waals surface area contributed by atoms with E-state index in [0.29, 0.717) is 17.5 Å². The van der Waals surface area contributed by atoms with E-state index >= 15 is 0 Å². The van der Waals surface area contributed by atoms with Crippen LogP contribution in [0.4, 0.5) is 11.6 Å². The fraction of sp³-hybridized carbons (Fsp3) is 0.214. The molecule has 2 aromatic rings. The van der Waals surface area contributed by atoms with Crippen molar-refractivity contribution in [2.24, 2.45) is 11.6 Å². The van der Waals surface area contributed by atoms with Crippen molar-refractivity contribution in [3.63, 3.8) is 0 Å². The number of nitrogen functional groups attached to an aromatic ring is 1. The number of primary amides is 1. The minimum atomic E-state index is -0.371. The standard InChI is InChI=1S/C14H18N6O/c1-9(7-11(15)21)17-12-8-13(20-16)19-14(18-12)10-5-3-2-4-6-10/h2-6,8-9H,7,16H2,1H3,(H2,15,21)(H2,17,18,19,20). The molecule has 0 aliphatic rings. The first-order chi connectivity index (χ1) is 10.1. The summed E-state index contributed by atoms with van der Waals surface area (Å²) in [5.74, 6) is 6.66. The van der Waals surface area contributed by atoms with Gasteiger partial charge in [0.15, 0.2) is 5.82 Å². The molecule has 6 N–H and O–H groups in total. The Bertz CT molecular complexity index is 616. The zero-order valence-electron chi connectivity index (χ0n) is 11.7. The molecular formula is C14H18N6O. The van der Waals surface area contributed by atoms with Crippen molar-refractivity contribution in [2.45, 2.75) is 19.4 Å². The van der Waals surface area contributed by atoms with E-state index in [-0.39, 0.29) is 18.4 Å². The van der Waals surface area contributed by atoms with E-state index in [2.05, 4.69) is 20.7 Å². The Labute approximate surface area is 122 Å². The molecule has 1 amide bonds. The molecule has 0 bridgehead atoms. The van der Waals surface area contributed by atoms with Gasteiger partial charge in [0.1, 0.15) is 11.6 Å². The molecule has 1 atom stereocenters. The van der Waals surface area contributed by atoms with Crippen LogP contribution in [-0.4, -0.2) is 21.9 Å². The van der Waals surface area contributed by atoms with E-state index in [9.17, 15) is 4.79 Å². The van der Waals surface area contributed by atoms with Gasteiger partial charge in [0.2, 0.25) is 5.91 Å². The van der Waals surface area contributed by atoms with E-state index < -0.39 is 0 Å². The second kappa shape index (κ2) is 6.67. The highest BCUT2D eigenvalue weighted by molar-refractivity contribution is 5.75. The first-order valence-corrected chi connectivity index (χ1v) is 6.54. The second-order valence-corrected chi connectivity index (χ2v) is 4.69. The average molecular weight is 286 g/mol. The first kappa shape index (κ1) is 14.7. The van der Waals surface area contributed by atoms with Crippen molar-refractivity contribution in [2.75, 3.05) is 10.7 Å². The predicted octanol–water partition coefficient (Wildman–Crippen LogP) is 1.10. The molecular weight excluding hydrogens is 268 g/mol. The molecule has 0 saturated carbocycles. The number of amides is 1. The van der Waals surface area contributed by atoms with Gasteiger partial charge in [-0.15, -0.1) is 0 Å². The van der Waals surface area contributed by atoms with Crippen LogP contribution < -0.4 is 22.3 Å². The summed E-state index contributed by atoms with van der Waals surface area (Å²) in [4.78, 5) is 19.7. The van der Waals surface area contributed by atoms with Gasteiger partial charge in [-0.25, -0.2) is 15.8 Å². The van der Waals surface area contributed by atoms with E-state index in [0.717, 1.165) is 5.56 Å². The van der Waals surface area contributed by atoms with Gasteiger partial charge >= 0.3 is 0 Å². The molecule has 1 aromatic heterocycles. The third-order valence-corrected chi connectivity index (χ3v) is 2.81. The molecule has 0 spiro atoms. The van der Waals surface area contributed by atoms with E-state index in [4.69, 9.17) is 11.6 Å². The molecule has 0 saturated heterocycles. The molecule has 7 nitrogen and oxygen atoms in total. The molecule has 21 heavy (non-hydrogen) atoms. The molecule has 110 valence electrons. The van der Waals surface area contributed by atoms with Crippen LogP contribution >= 0.6 is 0 Å². The van der Waals surface area contributed by atoms with Gasteiger partial charge in [0.05, 0.1) is 0 Å². The van der Waals surface area contributed by atoms with Crippen LogP contribution in [0.5, 0.6) is 0 Å². The summed E-state index contributed by atoms with van der Waals surface area (Å²) in [5.41, 5.74) is 8.56. The maximum Gasteiger partial charge on any atom is 0.219 e. The summed E-state index contributed by atoms with van der Waals surface area (Å²) in [5, 5.41) is 3.11. The Kier molecular flexibility index (Phi) is 4.68. The number of anilines is 2. The van der Waals surface area contributed by atoms with Crippen LogP contribution in [0.25, 0.3) is 11.4 Å². The number of hydrazine groups is 1. The Morgan fingerprint density at radius 2 is 1.90 bits per heavy atom. The van der Waals surface area contributed by atoms with Crippen LogP contribution in [-0.2, 0) is 4.79 Å². The van der Waals surface area contributed by atoms with Gasteiger partial charge in [0.25, 0.3) is 0 Å². The number of nitrogens with two attached hydrogens (primary N) is 2. The largest absolute Gasteiger partial charge is 0.370 e. The fourth-order valence-corrected chi connectivity index (χ4v) is 1.92. The monoisotopic (exact) mass is 286 g/mol. The highest BCUT2D eigenvalue weighted by atomic mass is 16.1. The van der Waals surface area contributed by atoms with Gasteiger partial charge in [-0.2, -0.15) is 0 Å². The predicted molar refractivity (Wildman–Crippen MR) is 82.2 cm³/mol. The van der Waals surface area contributed by atoms with Crippen LogP contribution in [0.15, 0.2) is 36.4 Å². The van der Waals surface area contributed by atoms with Gasteiger partial charge in [-0.05, 0) is 6.92 Å². The lowest BCUT2D eigenvalue weighted by atomic mass is 10.2. The number of benzene rings is 1. The molecule has 1 heterocycles. The minimum Gasteiger partial charge on any atom is -0.370 e. The molecule has 2 rings (SSSR count). The van der Waals surface area contributed by atoms with Crippen LogP contribution in [0.2, 0.25) is 0 Å². The first-order valence-electron chi connectivity index (χ1n) is 6.54. The lowest BCUT2D eigenvalue weighted by Gasteiger charge is -2.14. The smallest absolute Gasteiger partial charge is 0.219 e. The SMILES string of the molecule is CC(CC(N)=O)Nc1cc(NN)nc(-c2ccccc2)n1. The lowest BCUT2D eigenvalue weighted by Crippen LogP contribution is -2.24. The van der Waals surface area contributed by atoms with Gasteiger partial charge < -0.3 is 16.5 Å². The van der Waals surface area contributed by atoms with E-state index in [1.807, 2.05) is 37.3 Å². The van der Waals surface area contributed by atoms with Crippen molar-refractivity contribution < 1.29 is 4.79 Å². The Balaban J connectivity index is 2.28. The third-order valence-electron chi connectivity index (χ3n) is 2.81.